The molecule has 0 aromatic heterocycles. The van der Waals surface area contributed by atoms with Gasteiger partial charge in [-0.2, -0.15) is 0 Å². The van der Waals surface area contributed by atoms with Crippen LogP contribution < -0.4 is 10.0 Å². The number of ether oxygens (including phenoxy) is 1. The number of rotatable bonds is 7. The molecule has 1 amide bonds. The van der Waals surface area contributed by atoms with Gasteiger partial charge in [0.05, 0.1) is 10.5 Å². The molecule has 0 radical (unpaired) electrons. The van der Waals surface area contributed by atoms with Crippen molar-refractivity contribution in [3.05, 3.63) is 28.2 Å². The molecule has 1 aliphatic rings. The minimum Gasteiger partial charge on any atom is -0.452 e. The van der Waals surface area contributed by atoms with E-state index in [2.05, 4.69) is 26.0 Å². The monoisotopic (exact) mass is 418 g/mol. The first-order valence-corrected chi connectivity index (χ1v) is 9.75. The lowest BCUT2D eigenvalue weighted by atomic mass is 10.2. The van der Waals surface area contributed by atoms with E-state index >= 15 is 0 Å². The van der Waals surface area contributed by atoms with E-state index in [0.29, 0.717) is 4.47 Å². The molecule has 0 atom stereocenters. The third kappa shape index (κ3) is 5.29. The molecule has 0 heterocycles. The smallest absolute Gasteiger partial charge is 0.339 e. The van der Waals surface area contributed by atoms with Crippen LogP contribution in [0.15, 0.2) is 27.6 Å². The fourth-order valence-corrected chi connectivity index (χ4v) is 3.63. The lowest BCUT2D eigenvalue weighted by Crippen LogP contribution is -2.34. The van der Waals surface area contributed by atoms with E-state index in [1.807, 2.05) is 0 Å². The van der Waals surface area contributed by atoms with E-state index in [1.54, 1.807) is 13.8 Å². The van der Waals surface area contributed by atoms with E-state index in [9.17, 15) is 18.0 Å². The van der Waals surface area contributed by atoms with Gasteiger partial charge in [0.1, 0.15) is 0 Å². The van der Waals surface area contributed by atoms with Crippen molar-refractivity contribution in [2.24, 2.45) is 0 Å². The summed E-state index contributed by atoms with van der Waals surface area (Å²) in [4.78, 5) is 23.6. The van der Waals surface area contributed by atoms with E-state index in [1.165, 1.54) is 18.2 Å². The summed E-state index contributed by atoms with van der Waals surface area (Å²) in [5.41, 5.74) is 0.0472. The van der Waals surface area contributed by atoms with Gasteiger partial charge in [-0.1, -0.05) is 0 Å². The van der Waals surface area contributed by atoms with Crippen molar-refractivity contribution in [2.45, 2.75) is 43.7 Å². The molecule has 1 aliphatic carbocycles. The standard InChI is InChI=1S/C15H19BrN2O5S/c1-9(2)17-14(19)8-23-15(20)12-7-11(5-6-13(12)16)24(21,22)18-10-3-4-10/h5-7,9-10,18H,3-4,8H2,1-2H3,(H,17,19). The number of sulfonamides is 1. The molecule has 0 aliphatic heterocycles. The summed E-state index contributed by atoms with van der Waals surface area (Å²) in [5.74, 6) is -1.20. The van der Waals surface area contributed by atoms with Crippen LogP contribution >= 0.6 is 15.9 Å². The number of halogens is 1. The highest BCUT2D eigenvalue weighted by Gasteiger charge is 2.28. The van der Waals surface area contributed by atoms with Crippen LogP contribution in [0, 0.1) is 0 Å². The Morgan fingerprint density at radius 1 is 1.33 bits per heavy atom. The molecule has 24 heavy (non-hydrogen) atoms. The summed E-state index contributed by atoms with van der Waals surface area (Å²) in [7, 11) is -3.67. The molecule has 1 aromatic carbocycles. The molecule has 7 nitrogen and oxygen atoms in total. The van der Waals surface area contributed by atoms with E-state index < -0.39 is 28.5 Å². The third-order valence-electron chi connectivity index (χ3n) is 3.15. The Balaban J connectivity index is 2.10. The fourth-order valence-electron chi connectivity index (χ4n) is 1.89. The Labute approximate surface area is 149 Å². The molecule has 2 rings (SSSR count). The van der Waals surface area contributed by atoms with E-state index in [0.717, 1.165) is 12.8 Å². The predicted octanol–water partition coefficient (Wildman–Crippen LogP) is 1.57. The van der Waals surface area contributed by atoms with Crippen molar-refractivity contribution in [2.75, 3.05) is 6.61 Å². The largest absolute Gasteiger partial charge is 0.452 e. The van der Waals surface area contributed by atoms with Gasteiger partial charge in [0, 0.05) is 16.6 Å². The molecular formula is C15H19BrN2O5S. The van der Waals surface area contributed by atoms with Crippen LogP contribution in [0.2, 0.25) is 0 Å². The van der Waals surface area contributed by atoms with Crippen molar-refractivity contribution >= 4 is 37.8 Å². The summed E-state index contributed by atoms with van der Waals surface area (Å²) < 4.78 is 32.3. The second kappa shape index (κ2) is 7.62. The van der Waals surface area contributed by atoms with Gasteiger partial charge in [-0.15, -0.1) is 0 Å². The van der Waals surface area contributed by atoms with Crippen molar-refractivity contribution in [1.29, 1.82) is 0 Å². The lowest BCUT2D eigenvalue weighted by Gasteiger charge is -2.11. The molecule has 9 heteroatoms. The molecule has 0 saturated heterocycles. The minimum absolute atomic E-state index is 0.0174. The maximum atomic E-state index is 12.2. The number of carbonyl (C=O) groups is 2. The third-order valence-corrected chi connectivity index (χ3v) is 5.36. The van der Waals surface area contributed by atoms with Gasteiger partial charge in [0.15, 0.2) is 6.61 Å². The van der Waals surface area contributed by atoms with Crippen LogP contribution in [0.4, 0.5) is 0 Å². The van der Waals surface area contributed by atoms with Gasteiger partial charge < -0.3 is 10.1 Å². The normalized spacial score (nSPS) is 14.5. The van der Waals surface area contributed by atoms with Crippen LogP contribution in [-0.2, 0) is 19.6 Å². The molecule has 2 N–H and O–H groups in total. The predicted molar refractivity (Wildman–Crippen MR) is 91.0 cm³/mol. The number of hydrogen-bond donors (Lipinski definition) is 2. The maximum absolute atomic E-state index is 12.2. The van der Waals surface area contributed by atoms with Gasteiger partial charge in [-0.3, -0.25) is 4.79 Å². The summed E-state index contributed by atoms with van der Waals surface area (Å²) >= 11 is 3.19. The highest BCUT2D eigenvalue weighted by molar-refractivity contribution is 9.10. The van der Waals surface area contributed by atoms with Gasteiger partial charge in [0.2, 0.25) is 10.0 Å². The van der Waals surface area contributed by atoms with Crippen LogP contribution in [0.1, 0.15) is 37.0 Å². The van der Waals surface area contributed by atoms with Crippen molar-refractivity contribution in [1.82, 2.24) is 10.0 Å². The first-order chi connectivity index (χ1) is 11.2. The topological polar surface area (TPSA) is 102 Å². The molecule has 0 unspecified atom stereocenters. The quantitative estimate of drug-likeness (QED) is 0.654. The zero-order valence-corrected chi connectivity index (χ0v) is 15.7. The van der Waals surface area contributed by atoms with Crippen molar-refractivity contribution in [3.63, 3.8) is 0 Å². The summed E-state index contributed by atoms with van der Waals surface area (Å²) in [5, 5.41) is 2.59. The summed E-state index contributed by atoms with van der Waals surface area (Å²) in [6.45, 7) is 3.15. The average molecular weight is 419 g/mol. The molecule has 1 aromatic rings. The summed E-state index contributed by atoms with van der Waals surface area (Å²) in [6.07, 6.45) is 1.63. The van der Waals surface area contributed by atoms with Gasteiger partial charge in [0.25, 0.3) is 5.91 Å². The number of carbonyl (C=O) groups excluding carboxylic acids is 2. The molecular weight excluding hydrogens is 400 g/mol. The molecule has 0 bridgehead atoms. The highest BCUT2D eigenvalue weighted by Crippen LogP contribution is 2.25. The summed E-state index contributed by atoms with van der Waals surface area (Å²) in [6, 6.07) is 4.00. The van der Waals surface area contributed by atoms with E-state index in [-0.39, 0.29) is 22.5 Å². The van der Waals surface area contributed by atoms with Crippen LogP contribution in [0.3, 0.4) is 0 Å². The number of amides is 1. The SMILES string of the molecule is CC(C)NC(=O)COC(=O)c1cc(S(=O)(=O)NC2CC2)ccc1Br. The van der Waals surface area contributed by atoms with Crippen molar-refractivity contribution < 1.29 is 22.7 Å². The number of benzene rings is 1. The fraction of sp³-hybridized carbons (Fsp3) is 0.467. The van der Waals surface area contributed by atoms with Crippen molar-refractivity contribution in [3.8, 4) is 0 Å². The second-order valence-electron chi connectivity index (χ2n) is 5.84. The molecule has 0 spiro atoms. The molecule has 132 valence electrons. The number of esters is 1. The second-order valence-corrected chi connectivity index (χ2v) is 8.40. The minimum atomic E-state index is -3.67. The van der Waals surface area contributed by atoms with Gasteiger partial charge >= 0.3 is 5.97 Å². The number of hydrogen-bond acceptors (Lipinski definition) is 5. The first-order valence-electron chi connectivity index (χ1n) is 7.47. The Kier molecular flexibility index (Phi) is 6.00. The van der Waals surface area contributed by atoms with Crippen LogP contribution in [0.5, 0.6) is 0 Å². The average Bonchev–Trinajstić information content (AvgIpc) is 3.27. The maximum Gasteiger partial charge on any atom is 0.339 e. The van der Waals surface area contributed by atoms with Gasteiger partial charge in [-0.05, 0) is 60.8 Å². The van der Waals surface area contributed by atoms with Crippen LogP contribution in [0.25, 0.3) is 0 Å². The lowest BCUT2D eigenvalue weighted by molar-refractivity contribution is -0.124. The Morgan fingerprint density at radius 2 is 2.00 bits per heavy atom. The zero-order valence-electron chi connectivity index (χ0n) is 13.3. The Bertz CT molecular complexity index is 744. The first kappa shape index (κ1) is 18.9. The molecule has 1 saturated carbocycles. The zero-order chi connectivity index (χ0) is 17.9. The Morgan fingerprint density at radius 3 is 2.58 bits per heavy atom. The molecule has 1 fully saturated rings. The number of nitrogens with one attached hydrogen (secondary N) is 2. The van der Waals surface area contributed by atoms with Crippen LogP contribution in [-0.4, -0.2) is 39.0 Å². The van der Waals surface area contributed by atoms with E-state index in [4.69, 9.17) is 4.74 Å². The Hall–Kier alpha value is -1.45. The van der Waals surface area contributed by atoms with Gasteiger partial charge in [-0.25, -0.2) is 17.9 Å². The highest BCUT2D eigenvalue weighted by atomic mass is 79.9.